The number of halogens is 3. The highest BCUT2D eigenvalue weighted by Crippen LogP contribution is 2.15. The zero-order valence-electron chi connectivity index (χ0n) is 10.8. The molecule has 2 rings (SSSR count). The first-order valence-corrected chi connectivity index (χ1v) is 6.21. The van der Waals surface area contributed by atoms with Crippen molar-refractivity contribution in [3.63, 3.8) is 0 Å². The van der Waals surface area contributed by atoms with Crippen LogP contribution in [0.15, 0.2) is 24.3 Å². The van der Waals surface area contributed by atoms with Crippen molar-refractivity contribution in [3.05, 3.63) is 29.8 Å². The fourth-order valence-corrected chi connectivity index (χ4v) is 2.03. The van der Waals surface area contributed by atoms with Crippen LogP contribution in [-0.4, -0.2) is 31.7 Å². The van der Waals surface area contributed by atoms with Gasteiger partial charge in [-0.1, -0.05) is 0 Å². The van der Waals surface area contributed by atoms with Crippen molar-refractivity contribution < 1.29 is 18.3 Å². The van der Waals surface area contributed by atoms with Gasteiger partial charge in [-0.05, 0) is 43.7 Å². The molecule has 0 spiro atoms. The number of rotatable bonds is 4. The zero-order valence-corrected chi connectivity index (χ0v) is 11.6. The van der Waals surface area contributed by atoms with Gasteiger partial charge in [0.1, 0.15) is 5.75 Å². The number of amides is 1. The Balaban J connectivity index is 0.00000200. The first kappa shape index (κ1) is 16.7. The van der Waals surface area contributed by atoms with Crippen molar-refractivity contribution in [1.29, 1.82) is 0 Å². The molecular formula is C13H17ClF2N2O2. The monoisotopic (exact) mass is 306 g/mol. The van der Waals surface area contributed by atoms with E-state index in [1.807, 2.05) is 0 Å². The van der Waals surface area contributed by atoms with Gasteiger partial charge in [-0.25, -0.2) is 0 Å². The summed E-state index contributed by atoms with van der Waals surface area (Å²) in [6.45, 7) is -1.11. The molecule has 4 nitrogen and oxygen atoms in total. The van der Waals surface area contributed by atoms with Gasteiger partial charge in [0.15, 0.2) is 0 Å². The Labute approximate surface area is 122 Å². The minimum Gasteiger partial charge on any atom is -0.435 e. The third-order valence-corrected chi connectivity index (χ3v) is 2.97. The van der Waals surface area contributed by atoms with Crippen LogP contribution in [0.1, 0.15) is 23.2 Å². The average Bonchev–Trinajstić information content (AvgIpc) is 2.40. The van der Waals surface area contributed by atoms with Crippen LogP contribution in [0.25, 0.3) is 0 Å². The highest BCUT2D eigenvalue weighted by Gasteiger charge is 2.16. The van der Waals surface area contributed by atoms with Crippen molar-refractivity contribution in [1.82, 2.24) is 10.6 Å². The van der Waals surface area contributed by atoms with Crippen molar-refractivity contribution in [2.45, 2.75) is 25.5 Å². The number of piperidine rings is 1. The van der Waals surface area contributed by atoms with E-state index in [0.29, 0.717) is 5.56 Å². The predicted octanol–water partition coefficient (Wildman–Crippen LogP) is 2.19. The van der Waals surface area contributed by atoms with Gasteiger partial charge < -0.3 is 15.4 Å². The highest BCUT2D eigenvalue weighted by atomic mass is 35.5. The van der Waals surface area contributed by atoms with E-state index in [2.05, 4.69) is 15.4 Å². The lowest BCUT2D eigenvalue weighted by molar-refractivity contribution is -0.0498. The molecule has 2 N–H and O–H groups in total. The highest BCUT2D eigenvalue weighted by molar-refractivity contribution is 5.94. The Hall–Kier alpha value is -1.40. The third-order valence-electron chi connectivity index (χ3n) is 2.97. The summed E-state index contributed by atoms with van der Waals surface area (Å²) >= 11 is 0. The average molecular weight is 307 g/mol. The van der Waals surface area contributed by atoms with Crippen molar-refractivity contribution >= 4 is 18.3 Å². The zero-order chi connectivity index (χ0) is 13.7. The summed E-state index contributed by atoms with van der Waals surface area (Å²) in [6.07, 6.45) is 1.98. The summed E-state index contributed by atoms with van der Waals surface area (Å²) < 4.78 is 28.2. The van der Waals surface area contributed by atoms with Crippen molar-refractivity contribution in [2.24, 2.45) is 0 Å². The molecule has 0 saturated carbocycles. The SMILES string of the molecule is Cl.O=C(N[C@H]1CCCNC1)c1ccc(OC(F)F)cc1. The van der Waals surface area contributed by atoms with Crippen LogP contribution in [0.5, 0.6) is 5.75 Å². The van der Waals surface area contributed by atoms with Crippen molar-refractivity contribution in [3.8, 4) is 5.75 Å². The van der Waals surface area contributed by atoms with E-state index in [4.69, 9.17) is 0 Å². The Morgan fingerprint density at radius 1 is 1.35 bits per heavy atom. The molecule has 1 amide bonds. The maximum absolute atomic E-state index is 12.0. The lowest BCUT2D eigenvalue weighted by Crippen LogP contribution is -2.45. The van der Waals surface area contributed by atoms with Gasteiger partial charge in [0, 0.05) is 18.2 Å². The molecule has 0 unspecified atom stereocenters. The van der Waals surface area contributed by atoms with Crippen LogP contribution in [0.4, 0.5) is 8.78 Å². The van der Waals surface area contributed by atoms with E-state index < -0.39 is 6.61 Å². The van der Waals surface area contributed by atoms with Crippen LogP contribution < -0.4 is 15.4 Å². The molecule has 1 heterocycles. The number of ether oxygens (including phenoxy) is 1. The van der Waals surface area contributed by atoms with Crippen LogP contribution >= 0.6 is 12.4 Å². The number of benzene rings is 1. The molecule has 1 aliphatic rings. The quantitative estimate of drug-likeness (QED) is 0.896. The molecule has 0 aromatic heterocycles. The Kier molecular flexibility index (Phi) is 6.67. The van der Waals surface area contributed by atoms with Gasteiger partial charge in [0.25, 0.3) is 5.91 Å². The molecule has 0 aliphatic carbocycles. The summed E-state index contributed by atoms with van der Waals surface area (Å²) in [4.78, 5) is 11.9. The number of hydrogen-bond acceptors (Lipinski definition) is 3. The smallest absolute Gasteiger partial charge is 0.387 e. The van der Waals surface area contributed by atoms with Crippen LogP contribution in [0.3, 0.4) is 0 Å². The normalized spacial score (nSPS) is 18.2. The molecule has 0 radical (unpaired) electrons. The first-order chi connectivity index (χ1) is 9.15. The summed E-state index contributed by atoms with van der Waals surface area (Å²) in [7, 11) is 0. The number of nitrogens with one attached hydrogen (secondary N) is 2. The summed E-state index contributed by atoms with van der Waals surface area (Å²) in [6, 6.07) is 5.80. The van der Waals surface area contributed by atoms with Crippen LogP contribution in [0, 0.1) is 0 Å². The van der Waals surface area contributed by atoms with Crippen molar-refractivity contribution in [2.75, 3.05) is 13.1 Å². The minimum atomic E-state index is -2.85. The topological polar surface area (TPSA) is 50.4 Å². The van der Waals surface area contributed by atoms with E-state index in [9.17, 15) is 13.6 Å². The minimum absolute atomic E-state index is 0. The van der Waals surface area contributed by atoms with Crippen LogP contribution in [-0.2, 0) is 0 Å². The number of carbonyl (C=O) groups is 1. The molecule has 0 bridgehead atoms. The van der Waals surface area contributed by atoms with E-state index in [1.54, 1.807) is 0 Å². The standard InChI is InChI=1S/C13H16F2N2O2.ClH/c14-13(15)19-11-5-3-9(4-6-11)12(18)17-10-2-1-7-16-8-10;/h3-6,10,13,16H,1-2,7-8H2,(H,17,18);1H/t10-;/m0./s1. The first-order valence-electron chi connectivity index (χ1n) is 6.21. The van der Waals surface area contributed by atoms with Gasteiger partial charge in [-0.3, -0.25) is 4.79 Å². The van der Waals surface area contributed by atoms with Gasteiger partial charge >= 0.3 is 6.61 Å². The molecule has 1 aliphatic heterocycles. The Bertz CT molecular complexity index is 423. The Morgan fingerprint density at radius 2 is 2.05 bits per heavy atom. The second kappa shape index (κ2) is 8.01. The second-order valence-electron chi connectivity index (χ2n) is 4.42. The van der Waals surface area contributed by atoms with Crippen LogP contribution in [0.2, 0.25) is 0 Å². The van der Waals surface area contributed by atoms with Gasteiger partial charge in [0.2, 0.25) is 0 Å². The molecule has 1 atom stereocenters. The molecule has 1 fully saturated rings. The molecule has 1 aromatic rings. The summed E-state index contributed by atoms with van der Waals surface area (Å²) in [5.74, 6) is -0.150. The second-order valence-corrected chi connectivity index (χ2v) is 4.42. The maximum atomic E-state index is 12.0. The van der Waals surface area contributed by atoms with Gasteiger partial charge in [0.05, 0.1) is 0 Å². The summed E-state index contributed by atoms with van der Waals surface area (Å²) in [5, 5.41) is 6.11. The largest absolute Gasteiger partial charge is 0.435 e. The fraction of sp³-hybridized carbons (Fsp3) is 0.462. The van der Waals surface area contributed by atoms with Gasteiger partial charge in [-0.2, -0.15) is 8.78 Å². The lowest BCUT2D eigenvalue weighted by Gasteiger charge is -2.23. The number of alkyl halides is 2. The molecule has 1 aromatic carbocycles. The molecule has 7 heteroatoms. The molecular weight excluding hydrogens is 290 g/mol. The van der Waals surface area contributed by atoms with E-state index in [0.717, 1.165) is 25.9 Å². The van der Waals surface area contributed by atoms with E-state index >= 15 is 0 Å². The third kappa shape index (κ3) is 4.94. The lowest BCUT2D eigenvalue weighted by atomic mass is 10.1. The van der Waals surface area contributed by atoms with E-state index in [1.165, 1.54) is 24.3 Å². The molecule has 20 heavy (non-hydrogen) atoms. The summed E-state index contributed by atoms with van der Waals surface area (Å²) in [5.41, 5.74) is 0.437. The molecule has 1 saturated heterocycles. The molecule has 112 valence electrons. The van der Waals surface area contributed by atoms with E-state index in [-0.39, 0.29) is 30.1 Å². The fourth-order valence-electron chi connectivity index (χ4n) is 2.03. The Morgan fingerprint density at radius 3 is 2.60 bits per heavy atom. The number of hydrogen-bond donors (Lipinski definition) is 2. The van der Waals surface area contributed by atoms with Gasteiger partial charge in [-0.15, -0.1) is 12.4 Å². The maximum Gasteiger partial charge on any atom is 0.387 e. The predicted molar refractivity (Wildman–Crippen MR) is 73.7 cm³/mol. The number of carbonyl (C=O) groups excluding carboxylic acids is 1.